The summed E-state index contributed by atoms with van der Waals surface area (Å²) < 4.78 is 10.7. The third kappa shape index (κ3) is 5.06. The minimum atomic E-state index is -0.808. The van der Waals surface area contributed by atoms with Crippen molar-refractivity contribution in [2.24, 2.45) is 0 Å². The number of furan rings is 1. The highest BCUT2D eigenvalue weighted by Crippen LogP contribution is 2.23. The van der Waals surface area contributed by atoms with Crippen LogP contribution in [0.1, 0.15) is 38.3 Å². The van der Waals surface area contributed by atoms with Gasteiger partial charge in [0.05, 0.1) is 16.1 Å². The quantitative estimate of drug-likeness (QED) is 0.522. The topological polar surface area (TPSA) is 110 Å². The molecule has 30 heavy (non-hydrogen) atoms. The molecular formula is C21H21N3O5S. The molecule has 0 aliphatic rings. The average molecular weight is 427 g/mol. The zero-order chi connectivity index (χ0) is 21.7. The Labute approximate surface area is 177 Å². The summed E-state index contributed by atoms with van der Waals surface area (Å²) in [4.78, 5) is 36.8. The number of rotatable bonds is 6. The minimum absolute atomic E-state index is 0.166. The Kier molecular flexibility index (Phi) is 6.53. The van der Waals surface area contributed by atoms with E-state index in [9.17, 15) is 14.4 Å². The summed E-state index contributed by atoms with van der Waals surface area (Å²) in [5, 5.41) is 3.11. The molecule has 0 saturated heterocycles. The van der Waals surface area contributed by atoms with Gasteiger partial charge in [0.25, 0.3) is 17.7 Å². The number of benzene rings is 1. The van der Waals surface area contributed by atoms with Crippen molar-refractivity contribution in [3.05, 3.63) is 70.5 Å². The largest absolute Gasteiger partial charge is 0.481 e. The lowest BCUT2D eigenvalue weighted by molar-refractivity contribution is -0.128. The second-order valence-electron chi connectivity index (χ2n) is 6.50. The summed E-state index contributed by atoms with van der Waals surface area (Å²) in [5.74, 6) is -0.642. The molecule has 156 valence electrons. The van der Waals surface area contributed by atoms with Crippen LogP contribution < -0.4 is 20.9 Å². The van der Waals surface area contributed by atoms with Crippen LogP contribution in [0.5, 0.6) is 5.75 Å². The van der Waals surface area contributed by atoms with Crippen LogP contribution in [0.3, 0.4) is 0 Å². The Morgan fingerprint density at radius 2 is 1.80 bits per heavy atom. The Hall–Kier alpha value is -3.59. The van der Waals surface area contributed by atoms with Gasteiger partial charge in [-0.05, 0) is 62.2 Å². The third-order valence-corrected chi connectivity index (χ3v) is 5.34. The maximum absolute atomic E-state index is 12.3. The molecule has 2 aromatic heterocycles. The molecule has 0 fully saturated rings. The van der Waals surface area contributed by atoms with Crippen molar-refractivity contribution in [1.29, 1.82) is 0 Å². The molecule has 3 rings (SSSR count). The third-order valence-electron chi connectivity index (χ3n) is 4.34. The van der Waals surface area contributed by atoms with Crippen molar-refractivity contribution in [3.63, 3.8) is 0 Å². The lowest BCUT2D eigenvalue weighted by atomic mass is 10.1. The van der Waals surface area contributed by atoms with E-state index in [0.717, 1.165) is 22.5 Å². The molecular weight excluding hydrogens is 406 g/mol. The Bertz CT molecular complexity index is 1060. The Morgan fingerprint density at radius 3 is 2.53 bits per heavy atom. The molecule has 3 N–H and O–H groups in total. The number of hydrazine groups is 1. The molecule has 3 amide bonds. The number of ether oxygens (including phenoxy) is 1. The highest BCUT2D eigenvalue weighted by atomic mass is 32.1. The molecule has 2 heterocycles. The minimum Gasteiger partial charge on any atom is -0.481 e. The first-order chi connectivity index (χ1) is 14.3. The molecule has 1 unspecified atom stereocenters. The number of aryl methyl sites for hydroxylation is 1. The van der Waals surface area contributed by atoms with E-state index in [1.165, 1.54) is 12.3 Å². The molecule has 9 heteroatoms. The van der Waals surface area contributed by atoms with Gasteiger partial charge in [0.2, 0.25) is 0 Å². The van der Waals surface area contributed by atoms with Gasteiger partial charge in [0.1, 0.15) is 5.75 Å². The van der Waals surface area contributed by atoms with Crippen LogP contribution in [0.25, 0.3) is 0 Å². The van der Waals surface area contributed by atoms with Crippen LogP contribution in [0.15, 0.2) is 53.1 Å². The van der Waals surface area contributed by atoms with Crippen LogP contribution in [-0.4, -0.2) is 23.8 Å². The summed E-state index contributed by atoms with van der Waals surface area (Å²) >= 11 is 1.06. The van der Waals surface area contributed by atoms with Gasteiger partial charge in [-0.1, -0.05) is 12.1 Å². The Morgan fingerprint density at radius 1 is 1.00 bits per heavy atom. The molecule has 8 nitrogen and oxygen atoms in total. The van der Waals surface area contributed by atoms with Crippen LogP contribution in [0.4, 0.5) is 5.00 Å². The smallest absolute Gasteiger partial charge is 0.291 e. The molecule has 0 spiro atoms. The zero-order valence-electron chi connectivity index (χ0n) is 16.6. The monoisotopic (exact) mass is 427 g/mol. The number of carbonyl (C=O) groups excluding carboxylic acids is 3. The molecule has 0 aliphatic heterocycles. The van der Waals surface area contributed by atoms with E-state index in [1.807, 2.05) is 26.0 Å². The Balaban J connectivity index is 1.51. The SMILES string of the molecule is Cc1cccc(OC(C)C(=O)NNC(=O)c2ccc(NC(=O)c3ccco3)s2)c1C. The van der Waals surface area contributed by atoms with E-state index in [1.54, 1.807) is 31.2 Å². The first kappa shape index (κ1) is 21.1. The first-order valence-electron chi connectivity index (χ1n) is 9.13. The summed E-state index contributed by atoms with van der Waals surface area (Å²) in [5.41, 5.74) is 6.70. The summed E-state index contributed by atoms with van der Waals surface area (Å²) in [7, 11) is 0. The van der Waals surface area contributed by atoms with Gasteiger partial charge in [-0.2, -0.15) is 0 Å². The highest BCUT2D eigenvalue weighted by Gasteiger charge is 2.18. The molecule has 0 aliphatic carbocycles. The molecule has 1 atom stereocenters. The van der Waals surface area contributed by atoms with Gasteiger partial charge >= 0.3 is 0 Å². The van der Waals surface area contributed by atoms with Crippen molar-refractivity contribution < 1.29 is 23.5 Å². The molecule has 0 bridgehead atoms. The number of hydrogen-bond acceptors (Lipinski definition) is 6. The maximum atomic E-state index is 12.3. The van der Waals surface area contributed by atoms with E-state index in [-0.39, 0.29) is 5.76 Å². The standard InChI is InChI=1S/C21H21N3O5S/c1-12-6-4-7-15(13(12)2)29-14(3)19(25)23-24-21(27)17-9-10-18(30-17)22-20(26)16-8-5-11-28-16/h4-11,14H,1-3H3,(H,22,26)(H,23,25)(H,24,27). The maximum Gasteiger partial charge on any atom is 0.291 e. The van der Waals surface area contributed by atoms with Gasteiger partial charge in [-0.3, -0.25) is 25.2 Å². The van der Waals surface area contributed by atoms with Crippen molar-refractivity contribution in [1.82, 2.24) is 10.9 Å². The van der Waals surface area contributed by atoms with Gasteiger partial charge in [0.15, 0.2) is 11.9 Å². The fourth-order valence-electron chi connectivity index (χ4n) is 2.49. The number of thiophene rings is 1. The second kappa shape index (κ2) is 9.27. The fraction of sp³-hybridized carbons (Fsp3) is 0.190. The highest BCUT2D eigenvalue weighted by molar-refractivity contribution is 7.18. The predicted octanol–water partition coefficient (Wildman–Crippen LogP) is 3.44. The van der Waals surface area contributed by atoms with Gasteiger partial charge in [0, 0.05) is 0 Å². The van der Waals surface area contributed by atoms with Crippen molar-refractivity contribution in [2.75, 3.05) is 5.32 Å². The summed E-state index contributed by atoms with van der Waals surface area (Å²) in [6.45, 7) is 5.46. The molecule has 0 saturated carbocycles. The number of hydrogen-bond donors (Lipinski definition) is 3. The summed E-state index contributed by atoms with van der Waals surface area (Å²) in [6, 6.07) is 11.9. The first-order valence-corrected chi connectivity index (χ1v) is 9.94. The lowest BCUT2D eigenvalue weighted by Crippen LogP contribution is -2.47. The van der Waals surface area contributed by atoms with Crippen LogP contribution in [0, 0.1) is 13.8 Å². The van der Waals surface area contributed by atoms with Gasteiger partial charge < -0.3 is 14.5 Å². The van der Waals surface area contributed by atoms with E-state index in [4.69, 9.17) is 9.15 Å². The molecule has 1 aromatic carbocycles. The van der Waals surface area contributed by atoms with E-state index in [2.05, 4.69) is 16.2 Å². The lowest BCUT2D eigenvalue weighted by Gasteiger charge is -2.17. The van der Waals surface area contributed by atoms with E-state index >= 15 is 0 Å². The van der Waals surface area contributed by atoms with Crippen LogP contribution >= 0.6 is 11.3 Å². The van der Waals surface area contributed by atoms with Gasteiger partial charge in [-0.15, -0.1) is 11.3 Å². The van der Waals surface area contributed by atoms with Crippen molar-refractivity contribution in [2.45, 2.75) is 26.9 Å². The molecule has 3 aromatic rings. The average Bonchev–Trinajstić information content (AvgIpc) is 3.41. The van der Waals surface area contributed by atoms with Gasteiger partial charge in [-0.25, -0.2) is 0 Å². The number of anilines is 1. The van der Waals surface area contributed by atoms with E-state index < -0.39 is 23.8 Å². The molecule has 0 radical (unpaired) electrons. The number of amides is 3. The second-order valence-corrected chi connectivity index (χ2v) is 7.58. The predicted molar refractivity (Wildman–Crippen MR) is 113 cm³/mol. The van der Waals surface area contributed by atoms with Crippen molar-refractivity contribution >= 4 is 34.1 Å². The summed E-state index contributed by atoms with van der Waals surface area (Å²) in [6.07, 6.45) is 0.591. The zero-order valence-corrected chi connectivity index (χ0v) is 17.5. The number of carbonyl (C=O) groups is 3. The van der Waals surface area contributed by atoms with E-state index in [0.29, 0.717) is 15.6 Å². The number of nitrogens with one attached hydrogen (secondary N) is 3. The van der Waals surface area contributed by atoms with Crippen molar-refractivity contribution in [3.8, 4) is 5.75 Å². The van der Waals surface area contributed by atoms with Crippen LogP contribution in [0.2, 0.25) is 0 Å². The fourth-order valence-corrected chi connectivity index (χ4v) is 3.28. The normalized spacial score (nSPS) is 11.4. The van der Waals surface area contributed by atoms with Crippen LogP contribution in [-0.2, 0) is 4.79 Å².